The molecule has 1 aromatic carbocycles. The third-order valence-corrected chi connectivity index (χ3v) is 5.57. The van der Waals surface area contributed by atoms with Crippen LogP contribution in [-0.2, 0) is 30.9 Å². The Morgan fingerprint density at radius 1 is 1.21 bits per heavy atom. The van der Waals surface area contributed by atoms with Gasteiger partial charge < -0.3 is 19.7 Å². The second-order valence-corrected chi connectivity index (χ2v) is 7.77. The number of fused-ring (bicyclic) bond motifs is 1. The van der Waals surface area contributed by atoms with Crippen LogP contribution in [0, 0.1) is 0 Å². The Morgan fingerprint density at radius 2 is 2.07 bits per heavy atom. The zero-order valence-electron chi connectivity index (χ0n) is 16.7. The van der Waals surface area contributed by atoms with E-state index in [4.69, 9.17) is 9.47 Å². The minimum atomic E-state index is -0.518. The van der Waals surface area contributed by atoms with E-state index in [2.05, 4.69) is 26.1 Å². The number of H-pyrrole nitrogens is 1. The molecule has 3 heterocycles. The lowest BCUT2D eigenvalue weighted by Crippen LogP contribution is -2.42. The van der Waals surface area contributed by atoms with Crippen molar-refractivity contribution in [3.05, 3.63) is 46.8 Å². The molecule has 1 aromatic heterocycles. The average Bonchev–Trinajstić information content (AvgIpc) is 3.16. The van der Waals surface area contributed by atoms with Gasteiger partial charge in [-0.2, -0.15) is 5.10 Å². The van der Waals surface area contributed by atoms with E-state index in [1.807, 2.05) is 18.2 Å². The summed E-state index contributed by atoms with van der Waals surface area (Å²) in [6.07, 6.45) is 0.391. The van der Waals surface area contributed by atoms with Crippen molar-refractivity contribution in [1.82, 2.24) is 20.0 Å². The number of nitrogens with zero attached hydrogens (tertiary/aromatic N) is 3. The summed E-state index contributed by atoms with van der Waals surface area (Å²) in [4.78, 5) is 4.55. The summed E-state index contributed by atoms with van der Waals surface area (Å²) in [6, 6.07) is 8.05. The van der Waals surface area contributed by atoms with Gasteiger partial charge in [-0.25, -0.2) is 0 Å². The fourth-order valence-electron chi connectivity index (χ4n) is 3.99. The van der Waals surface area contributed by atoms with Crippen molar-refractivity contribution in [3.8, 4) is 5.75 Å². The number of aromatic nitrogens is 2. The summed E-state index contributed by atoms with van der Waals surface area (Å²) in [7, 11) is 0. The van der Waals surface area contributed by atoms with Crippen LogP contribution in [0.5, 0.6) is 5.75 Å². The van der Waals surface area contributed by atoms with E-state index in [-0.39, 0.29) is 13.2 Å². The number of morpholine rings is 1. The van der Waals surface area contributed by atoms with Crippen LogP contribution in [0.3, 0.4) is 0 Å². The van der Waals surface area contributed by atoms with Crippen LogP contribution >= 0.6 is 0 Å². The van der Waals surface area contributed by atoms with Crippen LogP contribution in [0.4, 0.5) is 0 Å². The second kappa shape index (κ2) is 9.69. The highest BCUT2D eigenvalue weighted by Crippen LogP contribution is 2.23. The molecule has 0 bridgehead atoms. The van der Waals surface area contributed by atoms with Crippen molar-refractivity contribution in [3.63, 3.8) is 0 Å². The van der Waals surface area contributed by atoms with E-state index in [1.54, 1.807) is 0 Å². The highest BCUT2D eigenvalue weighted by Gasteiger charge is 2.22. The van der Waals surface area contributed by atoms with Crippen LogP contribution in [-0.4, -0.2) is 82.3 Å². The Hall–Kier alpha value is -1.97. The van der Waals surface area contributed by atoms with E-state index < -0.39 is 6.10 Å². The zero-order chi connectivity index (χ0) is 20.1. The quantitative estimate of drug-likeness (QED) is 0.593. The van der Waals surface area contributed by atoms with Crippen LogP contribution in [0.1, 0.15) is 22.5 Å². The molecule has 0 aliphatic carbocycles. The highest BCUT2D eigenvalue weighted by atomic mass is 16.5. The molecule has 2 aliphatic rings. The van der Waals surface area contributed by atoms with E-state index >= 15 is 0 Å². The summed E-state index contributed by atoms with van der Waals surface area (Å²) in [5.74, 6) is 0.778. The van der Waals surface area contributed by atoms with Gasteiger partial charge in [-0.05, 0) is 17.7 Å². The number of nitrogens with one attached hydrogen (secondary N) is 1. The minimum absolute atomic E-state index is 0.0320. The lowest BCUT2D eigenvalue weighted by molar-refractivity contribution is 0.00464. The first-order valence-electron chi connectivity index (χ1n) is 10.3. The van der Waals surface area contributed by atoms with Crippen molar-refractivity contribution in [2.24, 2.45) is 0 Å². The summed E-state index contributed by atoms with van der Waals surface area (Å²) in [6.45, 7) is 6.57. The van der Waals surface area contributed by atoms with Gasteiger partial charge in [-0.15, -0.1) is 0 Å². The lowest BCUT2D eigenvalue weighted by atomic mass is 10.0. The molecular formula is C21H30N4O4. The number of ether oxygens (including phenoxy) is 2. The van der Waals surface area contributed by atoms with E-state index in [1.165, 1.54) is 5.56 Å². The van der Waals surface area contributed by atoms with E-state index in [0.29, 0.717) is 6.54 Å². The zero-order valence-corrected chi connectivity index (χ0v) is 16.7. The van der Waals surface area contributed by atoms with Gasteiger partial charge in [0.2, 0.25) is 0 Å². The molecule has 3 N–H and O–H groups in total. The molecule has 2 aromatic rings. The van der Waals surface area contributed by atoms with Crippen molar-refractivity contribution in [2.75, 3.05) is 46.0 Å². The Bertz CT molecular complexity index is 777. The van der Waals surface area contributed by atoms with Gasteiger partial charge in [-0.1, -0.05) is 12.1 Å². The van der Waals surface area contributed by atoms with Crippen LogP contribution in [0.25, 0.3) is 0 Å². The number of aliphatic hydroxyl groups is 2. The fraction of sp³-hybridized carbons (Fsp3) is 0.571. The number of benzene rings is 1. The number of aromatic amines is 1. The molecule has 0 spiro atoms. The van der Waals surface area contributed by atoms with Gasteiger partial charge in [0.1, 0.15) is 18.5 Å². The fourth-order valence-corrected chi connectivity index (χ4v) is 3.99. The Morgan fingerprint density at radius 3 is 2.90 bits per heavy atom. The second-order valence-electron chi connectivity index (χ2n) is 7.77. The summed E-state index contributed by atoms with van der Waals surface area (Å²) in [5, 5.41) is 27.0. The van der Waals surface area contributed by atoms with Crippen molar-refractivity contribution < 1.29 is 19.7 Å². The molecule has 1 saturated heterocycles. The molecule has 1 atom stereocenters. The van der Waals surface area contributed by atoms with E-state index in [9.17, 15) is 10.2 Å². The summed E-state index contributed by atoms with van der Waals surface area (Å²) >= 11 is 0. The van der Waals surface area contributed by atoms with Crippen molar-refractivity contribution >= 4 is 0 Å². The van der Waals surface area contributed by atoms with Gasteiger partial charge in [-0.3, -0.25) is 14.9 Å². The van der Waals surface area contributed by atoms with Crippen LogP contribution in [0.2, 0.25) is 0 Å². The third kappa shape index (κ3) is 5.34. The minimum Gasteiger partial charge on any atom is -0.491 e. The molecule has 0 amide bonds. The molecular weight excluding hydrogens is 372 g/mol. The lowest BCUT2D eigenvalue weighted by Gasteiger charge is -2.28. The normalized spacial score (nSPS) is 19.1. The Labute approximate surface area is 171 Å². The maximum atomic E-state index is 10.3. The van der Waals surface area contributed by atoms with Gasteiger partial charge in [0, 0.05) is 56.9 Å². The molecule has 1 unspecified atom stereocenters. The van der Waals surface area contributed by atoms with Gasteiger partial charge >= 0.3 is 0 Å². The van der Waals surface area contributed by atoms with Gasteiger partial charge in [0.25, 0.3) is 0 Å². The Balaban J connectivity index is 1.28. The number of hydrogen-bond donors (Lipinski definition) is 3. The monoisotopic (exact) mass is 402 g/mol. The smallest absolute Gasteiger partial charge is 0.119 e. The molecule has 158 valence electrons. The number of β-amino-alcohol motifs (C(OH)–C–C–N with tert-alkyl or cyclic N) is 1. The molecule has 0 radical (unpaired) electrons. The highest BCUT2D eigenvalue weighted by molar-refractivity contribution is 5.30. The number of rotatable bonds is 8. The molecule has 8 nitrogen and oxygen atoms in total. The van der Waals surface area contributed by atoms with Crippen molar-refractivity contribution in [1.29, 1.82) is 0 Å². The largest absolute Gasteiger partial charge is 0.491 e. The maximum Gasteiger partial charge on any atom is 0.119 e. The average molecular weight is 402 g/mol. The summed E-state index contributed by atoms with van der Waals surface area (Å²) < 4.78 is 11.2. The predicted octanol–water partition coefficient (Wildman–Crippen LogP) is 0.532. The third-order valence-electron chi connectivity index (χ3n) is 5.57. The first-order chi connectivity index (χ1) is 14.2. The van der Waals surface area contributed by atoms with Gasteiger partial charge in [0.15, 0.2) is 0 Å². The standard InChI is InChI=1S/C21H30N4O4/c26-14-21-19-13-25(5-4-20(19)22-23-21)11-16-2-1-3-18(10-16)29-15-17(27)12-24-6-8-28-9-7-24/h1-3,10,17,26-27H,4-9,11-15H2,(H,22,23). The summed E-state index contributed by atoms with van der Waals surface area (Å²) in [5.41, 5.74) is 4.17. The number of aliphatic hydroxyl groups excluding tert-OH is 2. The molecule has 1 fully saturated rings. The number of hydrogen-bond acceptors (Lipinski definition) is 7. The first-order valence-corrected chi connectivity index (χ1v) is 10.3. The predicted molar refractivity (Wildman–Crippen MR) is 108 cm³/mol. The van der Waals surface area contributed by atoms with Crippen LogP contribution in [0.15, 0.2) is 24.3 Å². The van der Waals surface area contributed by atoms with Crippen molar-refractivity contribution in [2.45, 2.75) is 32.2 Å². The maximum absolute atomic E-state index is 10.3. The van der Waals surface area contributed by atoms with E-state index in [0.717, 1.165) is 75.1 Å². The Kier molecular flexibility index (Phi) is 6.78. The molecule has 2 aliphatic heterocycles. The molecule has 8 heteroatoms. The SMILES string of the molecule is OCc1n[nH]c2c1CN(Cc1cccc(OCC(O)CN3CCOCC3)c1)CC2. The topological polar surface area (TPSA) is 94.1 Å². The molecule has 4 rings (SSSR count). The first kappa shape index (κ1) is 20.3. The molecule has 29 heavy (non-hydrogen) atoms. The molecule has 0 saturated carbocycles. The van der Waals surface area contributed by atoms with Gasteiger partial charge in [0.05, 0.1) is 25.5 Å². The van der Waals surface area contributed by atoms with Crippen LogP contribution < -0.4 is 4.74 Å².